The van der Waals surface area contributed by atoms with Gasteiger partial charge in [0, 0.05) is 9.35 Å². The van der Waals surface area contributed by atoms with Gasteiger partial charge in [-0.3, -0.25) is 9.69 Å². The summed E-state index contributed by atoms with van der Waals surface area (Å²) in [5, 5.41) is 10.9. The molecule has 1 saturated heterocycles. The highest BCUT2D eigenvalue weighted by Gasteiger charge is 2.34. The summed E-state index contributed by atoms with van der Waals surface area (Å²) >= 11 is 6.31. The third kappa shape index (κ3) is 4.52. The van der Waals surface area contributed by atoms with Gasteiger partial charge >= 0.3 is 0 Å². The first kappa shape index (κ1) is 18.9. The van der Waals surface area contributed by atoms with Crippen molar-refractivity contribution in [2.45, 2.75) is 6.54 Å². The fourth-order valence-electron chi connectivity index (χ4n) is 2.49. The summed E-state index contributed by atoms with van der Waals surface area (Å²) in [7, 11) is 0. The van der Waals surface area contributed by atoms with Gasteiger partial charge in [0.15, 0.2) is 5.17 Å². The van der Waals surface area contributed by atoms with E-state index in [9.17, 15) is 4.79 Å². The molecule has 1 aliphatic rings. The number of carbonyl (C=O) groups excluding carboxylic acids is 1. The lowest BCUT2D eigenvalue weighted by molar-refractivity contribution is -0.122. The highest BCUT2D eigenvalue weighted by molar-refractivity contribution is 9.10. The van der Waals surface area contributed by atoms with Crippen molar-refractivity contribution >= 4 is 62.4 Å². The van der Waals surface area contributed by atoms with Gasteiger partial charge in [-0.15, -0.1) is 16.4 Å². The number of thiophene rings is 1. The van der Waals surface area contributed by atoms with Gasteiger partial charge in [-0.05, 0) is 59.1 Å². The van der Waals surface area contributed by atoms with Crippen LogP contribution in [0.1, 0.15) is 16.2 Å². The Bertz CT molecular complexity index is 1040. The Kier molecular flexibility index (Phi) is 5.90. The first-order valence-electron chi connectivity index (χ1n) is 8.33. The van der Waals surface area contributed by atoms with Crippen molar-refractivity contribution in [3.63, 3.8) is 0 Å². The van der Waals surface area contributed by atoms with E-state index in [4.69, 9.17) is 4.42 Å². The predicted octanol–water partition coefficient (Wildman–Crippen LogP) is 5.61. The maximum atomic E-state index is 13.0. The standard InChI is InChI=1S/C20H14BrN3O2S2/c21-15-7-5-14(6-8-15)11-18-19(25)24(13-16-3-1-9-26-16)20(28-18)23-22-12-17-4-2-10-27-17/h1-12H,13H2/b18-11-,22-12+,23-20-. The number of hydrogen-bond donors (Lipinski definition) is 0. The molecule has 1 amide bonds. The summed E-state index contributed by atoms with van der Waals surface area (Å²) in [5.74, 6) is 0.572. The van der Waals surface area contributed by atoms with Crippen molar-refractivity contribution in [3.05, 3.63) is 85.8 Å². The lowest BCUT2D eigenvalue weighted by Crippen LogP contribution is -2.28. The number of benzene rings is 1. The molecule has 5 nitrogen and oxygen atoms in total. The molecule has 3 heterocycles. The van der Waals surface area contributed by atoms with Gasteiger partial charge in [0.25, 0.3) is 5.91 Å². The smallest absolute Gasteiger partial charge is 0.267 e. The van der Waals surface area contributed by atoms with Gasteiger partial charge in [-0.25, -0.2) is 0 Å². The first-order valence-corrected chi connectivity index (χ1v) is 10.8. The van der Waals surface area contributed by atoms with Gasteiger partial charge in [-0.1, -0.05) is 34.1 Å². The quantitative estimate of drug-likeness (QED) is 0.276. The van der Waals surface area contributed by atoms with E-state index in [1.165, 1.54) is 11.8 Å². The fraction of sp³-hybridized carbons (Fsp3) is 0.0500. The Morgan fingerprint density at radius 2 is 2.00 bits per heavy atom. The zero-order valence-corrected chi connectivity index (χ0v) is 17.7. The van der Waals surface area contributed by atoms with Crippen molar-refractivity contribution in [2.24, 2.45) is 10.2 Å². The Hall–Kier alpha value is -2.42. The number of halogens is 1. The van der Waals surface area contributed by atoms with Crippen LogP contribution >= 0.6 is 39.0 Å². The molecule has 0 N–H and O–H groups in total. The first-order chi connectivity index (χ1) is 13.7. The normalized spacial score (nSPS) is 17.5. The van der Waals surface area contributed by atoms with Crippen molar-refractivity contribution in [1.29, 1.82) is 0 Å². The second-order valence-electron chi connectivity index (χ2n) is 5.78. The largest absolute Gasteiger partial charge is 0.467 e. The second kappa shape index (κ2) is 8.72. The summed E-state index contributed by atoms with van der Waals surface area (Å²) in [6.07, 6.45) is 5.14. The SMILES string of the molecule is O=C1/C(=C/c2ccc(Br)cc2)S/C(=N\N=C\c2cccs2)N1Cc1ccco1. The van der Waals surface area contributed by atoms with Crippen LogP contribution in [-0.2, 0) is 11.3 Å². The Balaban J connectivity index is 1.61. The zero-order valence-electron chi connectivity index (χ0n) is 14.5. The number of amides is 1. The molecular weight excluding hydrogens is 458 g/mol. The fourth-order valence-corrected chi connectivity index (χ4v) is 4.27. The van der Waals surface area contributed by atoms with E-state index in [0.29, 0.717) is 22.4 Å². The molecule has 8 heteroatoms. The average molecular weight is 472 g/mol. The van der Waals surface area contributed by atoms with E-state index in [2.05, 4.69) is 26.1 Å². The van der Waals surface area contributed by atoms with E-state index < -0.39 is 0 Å². The molecular formula is C20H14BrN3O2S2. The summed E-state index contributed by atoms with van der Waals surface area (Å²) in [6, 6.07) is 15.3. The van der Waals surface area contributed by atoms with Gasteiger partial charge in [0.2, 0.25) is 0 Å². The molecule has 0 aliphatic carbocycles. The average Bonchev–Trinajstić information content (AvgIpc) is 3.44. The van der Waals surface area contributed by atoms with Crippen LogP contribution in [0.5, 0.6) is 0 Å². The van der Waals surface area contributed by atoms with E-state index in [1.54, 1.807) is 34.8 Å². The number of rotatable bonds is 5. The second-order valence-corrected chi connectivity index (χ2v) is 8.68. The van der Waals surface area contributed by atoms with Crippen LogP contribution in [0.2, 0.25) is 0 Å². The Morgan fingerprint density at radius 3 is 2.71 bits per heavy atom. The third-order valence-corrected chi connectivity index (χ3v) is 6.15. The molecule has 0 saturated carbocycles. The summed E-state index contributed by atoms with van der Waals surface area (Å²) in [4.78, 5) is 16.1. The predicted molar refractivity (Wildman–Crippen MR) is 118 cm³/mol. The summed E-state index contributed by atoms with van der Waals surface area (Å²) in [6.45, 7) is 0.309. The molecule has 28 heavy (non-hydrogen) atoms. The lowest BCUT2D eigenvalue weighted by Gasteiger charge is -2.12. The molecule has 0 atom stereocenters. The van der Waals surface area contributed by atoms with E-state index in [0.717, 1.165) is 14.9 Å². The maximum absolute atomic E-state index is 13.0. The van der Waals surface area contributed by atoms with Gasteiger partial charge in [-0.2, -0.15) is 5.10 Å². The van der Waals surface area contributed by atoms with Gasteiger partial charge in [0.05, 0.1) is 23.9 Å². The number of carbonyl (C=O) groups is 1. The number of hydrogen-bond acceptors (Lipinski definition) is 6. The molecule has 1 aliphatic heterocycles. The van der Waals surface area contributed by atoms with Crippen LogP contribution < -0.4 is 0 Å². The number of nitrogens with zero attached hydrogens (tertiary/aromatic N) is 3. The van der Waals surface area contributed by atoms with Gasteiger partial charge < -0.3 is 4.42 Å². The van der Waals surface area contributed by atoms with E-state index >= 15 is 0 Å². The molecule has 0 bridgehead atoms. The van der Waals surface area contributed by atoms with E-state index in [-0.39, 0.29) is 5.91 Å². The zero-order chi connectivity index (χ0) is 19.3. The Morgan fingerprint density at radius 1 is 1.14 bits per heavy atom. The highest BCUT2D eigenvalue weighted by atomic mass is 79.9. The number of amidine groups is 1. The lowest BCUT2D eigenvalue weighted by atomic mass is 10.2. The number of furan rings is 1. The molecule has 1 aromatic carbocycles. The van der Waals surface area contributed by atoms with Crippen molar-refractivity contribution in [3.8, 4) is 0 Å². The summed E-state index contributed by atoms with van der Waals surface area (Å²) in [5.41, 5.74) is 0.945. The Labute approximate surface area is 178 Å². The van der Waals surface area contributed by atoms with Crippen molar-refractivity contribution in [2.75, 3.05) is 0 Å². The third-order valence-electron chi connectivity index (χ3n) is 3.82. The maximum Gasteiger partial charge on any atom is 0.267 e. The molecule has 1 fully saturated rings. The minimum atomic E-state index is -0.116. The molecule has 140 valence electrons. The number of thioether (sulfide) groups is 1. The van der Waals surface area contributed by atoms with Gasteiger partial charge in [0.1, 0.15) is 5.76 Å². The van der Waals surface area contributed by atoms with E-state index in [1.807, 2.05) is 53.9 Å². The van der Waals surface area contributed by atoms with Crippen LogP contribution in [0, 0.1) is 0 Å². The molecule has 4 rings (SSSR count). The molecule has 0 unspecified atom stereocenters. The molecule has 2 aromatic heterocycles. The minimum Gasteiger partial charge on any atom is -0.467 e. The molecule has 0 spiro atoms. The highest BCUT2D eigenvalue weighted by Crippen LogP contribution is 2.34. The van der Waals surface area contributed by atoms with Crippen LogP contribution in [0.25, 0.3) is 6.08 Å². The van der Waals surface area contributed by atoms with Crippen LogP contribution in [0.3, 0.4) is 0 Å². The monoisotopic (exact) mass is 471 g/mol. The van der Waals surface area contributed by atoms with Crippen LogP contribution in [-0.4, -0.2) is 22.2 Å². The van der Waals surface area contributed by atoms with Crippen LogP contribution in [0.15, 0.2) is 84.2 Å². The van der Waals surface area contributed by atoms with Crippen molar-refractivity contribution < 1.29 is 9.21 Å². The van der Waals surface area contributed by atoms with Crippen LogP contribution in [0.4, 0.5) is 0 Å². The topological polar surface area (TPSA) is 58.2 Å². The minimum absolute atomic E-state index is 0.116. The van der Waals surface area contributed by atoms with Crippen molar-refractivity contribution in [1.82, 2.24) is 4.90 Å². The summed E-state index contributed by atoms with van der Waals surface area (Å²) < 4.78 is 6.39. The molecule has 3 aromatic rings. The molecule has 0 radical (unpaired) electrons.